The highest BCUT2D eigenvalue weighted by Gasteiger charge is 2.36. The molecule has 2 atom stereocenters. The molecule has 2 aromatic heterocycles. The summed E-state index contributed by atoms with van der Waals surface area (Å²) in [5.74, 6) is 0.381. The molecule has 2 aromatic rings. The van der Waals surface area contributed by atoms with Gasteiger partial charge in [-0.05, 0) is 12.0 Å². The summed E-state index contributed by atoms with van der Waals surface area (Å²) in [5, 5.41) is 18.4. The second-order valence-corrected chi connectivity index (χ2v) is 4.35. The molecule has 0 bridgehead atoms. The van der Waals surface area contributed by atoms with E-state index in [2.05, 4.69) is 15.0 Å². The van der Waals surface area contributed by atoms with Crippen molar-refractivity contribution in [1.82, 2.24) is 19.5 Å². The molecule has 0 unspecified atom stereocenters. The molecule has 1 saturated carbocycles. The van der Waals surface area contributed by atoms with Crippen LogP contribution in [0.4, 0.5) is 5.82 Å². The van der Waals surface area contributed by atoms with Crippen LogP contribution in [0.15, 0.2) is 18.2 Å². The summed E-state index contributed by atoms with van der Waals surface area (Å²) < 4.78 is 1.76. The Hall–Kier alpha value is -1.99. The maximum Gasteiger partial charge on any atom is 0.169 e. The molecule has 18 heavy (non-hydrogen) atoms. The smallest absolute Gasteiger partial charge is 0.169 e. The second-order valence-electron chi connectivity index (χ2n) is 4.35. The molecule has 3 rings (SSSR count). The molecule has 0 aromatic carbocycles. The van der Waals surface area contributed by atoms with Crippen LogP contribution in [-0.4, -0.2) is 42.4 Å². The van der Waals surface area contributed by atoms with Gasteiger partial charge in [0, 0.05) is 12.1 Å². The van der Waals surface area contributed by atoms with Crippen molar-refractivity contribution in [3.8, 4) is 0 Å². The summed E-state index contributed by atoms with van der Waals surface area (Å²) in [5.41, 5.74) is 7.96. The van der Waals surface area contributed by atoms with Gasteiger partial charge in [-0.15, -0.1) is 0 Å². The first kappa shape index (κ1) is 11.1. The van der Waals surface area contributed by atoms with Crippen molar-refractivity contribution in [3.05, 3.63) is 18.2 Å². The number of rotatable bonds is 3. The Morgan fingerprint density at radius 3 is 3.11 bits per heavy atom. The minimum absolute atomic E-state index is 0.0339. The van der Waals surface area contributed by atoms with Gasteiger partial charge in [-0.2, -0.15) is 0 Å². The summed E-state index contributed by atoms with van der Waals surface area (Å²) in [6.45, 7) is -0.220. The fraction of sp³-hybridized carbons (Fsp3) is 0.364. The summed E-state index contributed by atoms with van der Waals surface area (Å²) in [6, 6.07) is 0. The van der Waals surface area contributed by atoms with Crippen molar-refractivity contribution in [3.63, 3.8) is 0 Å². The highest BCUT2D eigenvalue weighted by atomic mass is 16.3. The number of hydrogen-bond donors (Lipinski definition) is 3. The fourth-order valence-corrected chi connectivity index (χ4v) is 2.00. The van der Waals surface area contributed by atoms with E-state index < -0.39 is 6.10 Å². The van der Waals surface area contributed by atoms with E-state index in [-0.39, 0.29) is 12.5 Å². The van der Waals surface area contributed by atoms with E-state index in [1.54, 1.807) is 10.9 Å². The second kappa shape index (κ2) is 4.04. The van der Waals surface area contributed by atoms with Crippen LogP contribution in [-0.2, 0) is 0 Å². The minimum Gasteiger partial charge on any atom is -0.394 e. The molecule has 2 heterocycles. The zero-order valence-corrected chi connectivity index (χ0v) is 9.56. The summed E-state index contributed by atoms with van der Waals surface area (Å²) >= 11 is 0. The molecule has 1 aliphatic rings. The third-order valence-corrected chi connectivity index (χ3v) is 3.12. The van der Waals surface area contributed by atoms with Gasteiger partial charge in [0.2, 0.25) is 0 Å². The van der Waals surface area contributed by atoms with Crippen molar-refractivity contribution < 1.29 is 10.2 Å². The maximum absolute atomic E-state index is 9.49. The molecule has 0 aliphatic heterocycles. The number of fused-ring (bicyclic) bond motifs is 1. The highest BCUT2D eigenvalue weighted by molar-refractivity contribution is 5.82. The zero-order valence-electron chi connectivity index (χ0n) is 9.56. The number of anilines is 1. The van der Waals surface area contributed by atoms with Crippen LogP contribution < -0.4 is 5.73 Å². The zero-order chi connectivity index (χ0) is 12.7. The van der Waals surface area contributed by atoms with E-state index in [1.165, 1.54) is 6.33 Å². The lowest BCUT2D eigenvalue weighted by Crippen LogP contribution is -2.14. The normalized spacial score (nSPS) is 22.6. The molecule has 0 amide bonds. The SMILES string of the molecule is Nc1ncnc2c1ncn2/C=C1\C[C@H]1[C@H](O)CO. The van der Waals surface area contributed by atoms with E-state index in [0.29, 0.717) is 17.0 Å². The Balaban J connectivity index is 1.93. The van der Waals surface area contributed by atoms with Gasteiger partial charge < -0.3 is 15.9 Å². The van der Waals surface area contributed by atoms with Crippen molar-refractivity contribution in [2.24, 2.45) is 5.92 Å². The minimum atomic E-state index is -0.689. The van der Waals surface area contributed by atoms with Crippen LogP contribution in [0.3, 0.4) is 0 Å². The highest BCUT2D eigenvalue weighted by Crippen LogP contribution is 2.41. The van der Waals surface area contributed by atoms with Crippen LogP contribution >= 0.6 is 0 Å². The van der Waals surface area contributed by atoms with Gasteiger partial charge in [0.15, 0.2) is 17.0 Å². The lowest BCUT2D eigenvalue weighted by atomic mass is 10.2. The summed E-state index contributed by atoms with van der Waals surface area (Å²) in [6.07, 6.45) is 4.96. The molecule has 0 saturated heterocycles. The first-order chi connectivity index (χ1) is 8.70. The van der Waals surface area contributed by atoms with E-state index in [9.17, 15) is 5.11 Å². The average molecular weight is 247 g/mol. The lowest BCUT2D eigenvalue weighted by molar-refractivity contribution is 0.0815. The molecular weight excluding hydrogens is 234 g/mol. The van der Waals surface area contributed by atoms with E-state index in [1.807, 2.05) is 6.20 Å². The standard InChI is InChI=1S/C11H13N5O2/c12-10-9-11(14-4-13-10)16(5-15-9)2-6-1-7(6)8(18)3-17/h2,4-5,7-8,17-18H,1,3H2,(H2,12,13,14)/b6-2+/t7-,8-/m1/s1. The Bertz CT molecular complexity index is 621. The van der Waals surface area contributed by atoms with Gasteiger partial charge in [-0.3, -0.25) is 4.57 Å². The number of aliphatic hydroxyl groups is 2. The molecule has 7 nitrogen and oxygen atoms in total. The quantitative estimate of drug-likeness (QED) is 0.682. The number of nitrogens with zero attached hydrogens (tertiary/aromatic N) is 4. The van der Waals surface area contributed by atoms with Gasteiger partial charge >= 0.3 is 0 Å². The Labute approximate surface area is 103 Å². The maximum atomic E-state index is 9.49. The van der Waals surface area contributed by atoms with Crippen LogP contribution in [0.25, 0.3) is 17.4 Å². The van der Waals surface area contributed by atoms with Crippen LogP contribution in [0, 0.1) is 5.92 Å². The molecule has 0 spiro atoms. The van der Waals surface area contributed by atoms with E-state index >= 15 is 0 Å². The van der Waals surface area contributed by atoms with Crippen LogP contribution in [0.2, 0.25) is 0 Å². The van der Waals surface area contributed by atoms with Gasteiger partial charge in [-0.1, -0.05) is 0 Å². The predicted octanol–water partition coefficient (Wildman–Crippen LogP) is -0.378. The predicted molar refractivity (Wildman–Crippen MR) is 65.2 cm³/mol. The average Bonchev–Trinajstić information content (AvgIpc) is 3.02. The molecule has 7 heteroatoms. The van der Waals surface area contributed by atoms with Crippen molar-refractivity contribution >= 4 is 23.2 Å². The monoisotopic (exact) mass is 247 g/mol. The molecule has 1 fully saturated rings. The molecular formula is C11H13N5O2. The topological polar surface area (TPSA) is 110 Å². The largest absolute Gasteiger partial charge is 0.394 e. The summed E-state index contributed by atoms with van der Waals surface area (Å²) in [4.78, 5) is 12.1. The first-order valence-corrected chi connectivity index (χ1v) is 5.63. The third-order valence-electron chi connectivity index (χ3n) is 3.12. The van der Waals surface area contributed by atoms with Gasteiger partial charge in [0.25, 0.3) is 0 Å². The van der Waals surface area contributed by atoms with Gasteiger partial charge in [0.05, 0.1) is 12.7 Å². The Kier molecular flexibility index (Phi) is 2.49. The third kappa shape index (κ3) is 1.73. The molecule has 0 radical (unpaired) electrons. The number of hydrogen-bond acceptors (Lipinski definition) is 6. The molecule has 4 N–H and O–H groups in total. The Morgan fingerprint density at radius 2 is 2.33 bits per heavy atom. The number of nitrogen functional groups attached to an aromatic ring is 1. The van der Waals surface area contributed by atoms with Gasteiger partial charge in [0.1, 0.15) is 12.7 Å². The van der Waals surface area contributed by atoms with Crippen molar-refractivity contribution in [2.75, 3.05) is 12.3 Å². The first-order valence-electron chi connectivity index (χ1n) is 5.63. The lowest BCUT2D eigenvalue weighted by Gasteiger charge is -2.01. The van der Waals surface area contributed by atoms with Crippen LogP contribution in [0.1, 0.15) is 6.42 Å². The van der Waals surface area contributed by atoms with E-state index in [0.717, 1.165) is 12.0 Å². The fourth-order valence-electron chi connectivity index (χ4n) is 2.00. The van der Waals surface area contributed by atoms with Crippen molar-refractivity contribution in [1.29, 1.82) is 0 Å². The number of imidazole rings is 1. The van der Waals surface area contributed by atoms with Gasteiger partial charge in [-0.25, -0.2) is 15.0 Å². The Morgan fingerprint density at radius 1 is 1.50 bits per heavy atom. The van der Waals surface area contributed by atoms with Crippen LogP contribution in [0.5, 0.6) is 0 Å². The summed E-state index contributed by atoms with van der Waals surface area (Å²) in [7, 11) is 0. The number of nitrogens with two attached hydrogens (primary N) is 1. The molecule has 94 valence electrons. The number of aromatic nitrogens is 4. The van der Waals surface area contributed by atoms with Crippen molar-refractivity contribution in [2.45, 2.75) is 12.5 Å². The van der Waals surface area contributed by atoms with E-state index in [4.69, 9.17) is 10.8 Å². The number of aliphatic hydroxyl groups excluding tert-OH is 2. The molecule has 1 aliphatic carbocycles.